The molecule has 0 radical (unpaired) electrons. The number of carboxylic acid groups (broad SMARTS) is 1. The summed E-state index contributed by atoms with van der Waals surface area (Å²) in [4.78, 5) is 36.5. The van der Waals surface area contributed by atoms with Crippen LogP contribution in [0.25, 0.3) is 0 Å². The Hall–Kier alpha value is -2.44. The molecule has 124 valence electrons. The Balaban J connectivity index is 1.84. The molecule has 1 aromatic carbocycles. The molecule has 0 aliphatic heterocycles. The number of benzene rings is 1. The molecule has 2 amide bonds. The van der Waals surface area contributed by atoms with E-state index >= 15 is 0 Å². The Bertz CT molecular complexity index is 599. The first-order chi connectivity index (χ1) is 10.9. The van der Waals surface area contributed by atoms with E-state index in [9.17, 15) is 18.8 Å². The van der Waals surface area contributed by atoms with Crippen LogP contribution in [0.4, 0.5) is 4.39 Å². The molecule has 0 heterocycles. The fourth-order valence-electron chi connectivity index (χ4n) is 2.32. The number of carbonyl (C=O) groups excluding carboxylic acids is 2. The lowest BCUT2D eigenvalue weighted by atomic mass is 10.2. The zero-order valence-corrected chi connectivity index (χ0v) is 12.8. The molecule has 1 saturated carbocycles. The second-order valence-corrected chi connectivity index (χ2v) is 5.56. The molecule has 2 rings (SSSR count). The number of carboxylic acids is 1. The molecular formula is C16H19FN2O4. The number of halogens is 1. The minimum absolute atomic E-state index is 0.0126. The highest BCUT2D eigenvalue weighted by atomic mass is 19.1. The predicted octanol–water partition coefficient (Wildman–Crippen LogP) is 1.41. The van der Waals surface area contributed by atoms with E-state index in [0.717, 1.165) is 12.8 Å². The first-order valence-electron chi connectivity index (χ1n) is 7.48. The maximum absolute atomic E-state index is 12.8. The normalized spacial score (nSPS) is 14.9. The number of amides is 2. The molecule has 2 N–H and O–H groups in total. The lowest BCUT2D eigenvalue weighted by Gasteiger charge is -2.26. The molecule has 1 aliphatic carbocycles. The first kappa shape index (κ1) is 16.9. The smallest absolute Gasteiger partial charge is 0.326 e. The molecule has 1 aromatic rings. The van der Waals surface area contributed by atoms with Gasteiger partial charge in [0.15, 0.2) is 0 Å². The third kappa shape index (κ3) is 4.51. The third-order valence-corrected chi connectivity index (χ3v) is 3.73. The summed E-state index contributed by atoms with van der Waals surface area (Å²) in [6.45, 7) is 1.58. The average Bonchev–Trinajstić information content (AvgIpc) is 3.32. The molecule has 0 bridgehead atoms. The summed E-state index contributed by atoms with van der Waals surface area (Å²) in [6, 6.07) is 4.20. The van der Waals surface area contributed by atoms with Gasteiger partial charge in [-0.15, -0.1) is 0 Å². The van der Waals surface area contributed by atoms with Crippen LogP contribution in [-0.4, -0.2) is 46.4 Å². The van der Waals surface area contributed by atoms with Crippen molar-refractivity contribution in [1.82, 2.24) is 10.2 Å². The van der Waals surface area contributed by atoms with Crippen molar-refractivity contribution in [2.24, 2.45) is 0 Å². The highest BCUT2D eigenvalue weighted by molar-refractivity contribution is 5.94. The zero-order chi connectivity index (χ0) is 17.0. The van der Waals surface area contributed by atoms with Crippen molar-refractivity contribution in [1.29, 1.82) is 0 Å². The summed E-state index contributed by atoms with van der Waals surface area (Å²) in [6.07, 6.45) is 1.65. The number of hydrogen-bond donors (Lipinski definition) is 2. The maximum Gasteiger partial charge on any atom is 0.326 e. The highest BCUT2D eigenvalue weighted by Crippen LogP contribution is 2.29. The number of hydrogen-bond acceptors (Lipinski definition) is 3. The summed E-state index contributed by atoms with van der Waals surface area (Å²) in [5.41, 5.74) is 0.303. The molecule has 1 atom stereocenters. The molecule has 0 saturated heterocycles. The van der Waals surface area contributed by atoms with Gasteiger partial charge in [-0.2, -0.15) is 0 Å². The van der Waals surface area contributed by atoms with E-state index in [2.05, 4.69) is 5.32 Å². The van der Waals surface area contributed by atoms with Crippen LogP contribution in [0.2, 0.25) is 0 Å². The Labute approximate surface area is 133 Å². The van der Waals surface area contributed by atoms with E-state index < -0.39 is 23.7 Å². The summed E-state index contributed by atoms with van der Waals surface area (Å²) < 4.78 is 12.8. The highest BCUT2D eigenvalue weighted by Gasteiger charge is 2.37. The van der Waals surface area contributed by atoms with Gasteiger partial charge < -0.3 is 15.3 Å². The lowest BCUT2D eigenvalue weighted by Crippen LogP contribution is -2.45. The van der Waals surface area contributed by atoms with Crippen LogP contribution in [0.15, 0.2) is 24.3 Å². The Morgan fingerprint density at radius 3 is 2.43 bits per heavy atom. The van der Waals surface area contributed by atoms with Crippen molar-refractivity contribution < 1.29 is 23.9 Å². The van der Waals surface area contributed by atoms with Gasteiger partial charge in [0.05, 0.1) is 0 Å². The second-order valence-electron chi connectivity index (χ2n) is 5.56. The number of carbonyl (C=O) groups is 3. The average molecular weight is 322 g/mol. The lowest BCUT2D eigenvalue weighted by molar-refractivity contribution is -0.150. The zero-order valence-electron chi connectivity index (χ0n) is 12.8. The van der Waals surface area contributed by atoms with Gasteiger partial charge in [-0.25, -0.2) is 9.18 Å². The van der Waals surface area contributed by atoms with Gasteiger partial charge >= 0.3 is 5.97 Å². The van der Waals surface area contributed by atoms with Crippen LogP contribution in [0.5, 0.6) is 0 Å². The van der Waals surface area contributed by atoms with E-state index in [-0.39, 0.29) is 24.9 Å². The number of aliphatic carboxylic acids is 1. The molecular weight excluding hydrogens is 303 g/mol. The fraction of sp³-hybridized carbons (Fsp3) is 0.438. The topological polar surface area (TPSA) is 86.7 Å². The largest absolute Gasteiger partial charge is 0.480 e. The van der Waals surface area contributed by atoms with Gasteiger partial charge in [0.25, 0.3) is 5.91 Å². The fourth-order valence-corrected chi connectivity index (χ4v) is 2.32. The van der Waals surface area contributed by atoms with Gasteiger partial charge in [0.2, 0.25) is 5.91 Å². The van der Waals surface area contributed by atoms with Crippen molar-refractivity contribution in [3.63, 3.8) is 0 Å². The molecule has 6 nitrogen and oxygen atoms in total. The van der Waals surface area contributed by atoms with Gasteiger partial charge in [0, 0.05) is 24.6 Å². The molecule has 0 aromatic heterocycles. The van der Waals surface area contributed by atoms with Crippen LogP contribution >= 0.6 is 0 Å². The van der Waals surface area contributed by atoms with Crippen LogP contribution < -0.4 is 5.32 Å². The van der Waals surface area contributed by atoms with Gasteiger partial charge in [-0.1, -0.05) is 0 Å². The standard InChI is InChI=1S/C16H19FN2O4/c1-10(16(22)23)19(13-6-7-13)14(20)8-9-18-15(21)11-2-4-12(17)5-3-11/h2-5,10,13H,6-9H2,1H3,(H,18,21)(H,22,23). The molecule has 7 heteroatoms. The van der Waals surface area contributed by atoms with E-state index in [1.54, 1.807) is 0 Å². The van der Waals surface area contributed by atoms with Gasteiger partial charge in [-0.05, 0) is 44.0 Å². The Morgan fingerprint density at radius 1 is 1.30 bits per heavy atom. The van der Waals surface area contributed by atoms with Crippen molar-refractivity contribution in [2.45, 2.75) is 38.3 Å². The van der Waals surface area contributed by atoms with Crippen LogP contribution in [0.3, 0.4) is 0 Å². The van der Waals surface area contributed by atoms with Crippen molar-refractivity contribution in [2.75, 3.05) is 6.54 Å². The van der Waals surface area contributed by atoms with E-state index in [1.807, 2.05) is 0 Å². The Morgan fingerprint density at radius 2 is 1.91 bits per heavy atom. The molecule has 23 heavy (non-hydrogen) atoms. The summed E-state index contributed by atoms with van der Waals surface area (Å²) >= 11 is 0. The Kier molecular flexibility index (Phi) is 5.31. The number of nitrogens with one attached hydrogen (secondary N) is 1. The molecule has 1 fully saturated rings. The minimum atomic E-state index is -1.04. The minimum Gasteiger partial charge on any atom is -0.480 e. The summed E-state index contributed by atoms with van der Waals surface area (Å²) in [5.74, 6) is -2.16. The van der Waals surface area contributed by atoms with Crippen LogP contribution in [-0.2, 0) is 9.59 Å². The van der Waals surface area contributed by atoms with E-state index in [0.29, 0.717) is 5.56 Å². The summed E-state index contributed by atoms with van der Waals surface area (Å²) in [5, 5.41) is 11.6. The van der Waals surface area contributed by atoms with Crippen molar-refractivity contribution in [3.8, 4) is 0 Å². The van der Waals surface area contributed by atoms with E-state index in [4.69, 9.17) is 5.11 Å². The number of rotatable bonds is 7. The first-order valence-corrected chi connectivity index (χ1v) is 7.48. The quantitative estimate of drug-likeness (QED) is 0.794. The molecule has 0 spiro atoms. The van der Waals surface area contributed by atoms with Crippen molar-refractivity contribution in [3.05, 3.63) is 35.6 Å². The third-order valence-electron chi connectivity index (χ3n) is 3.73. The monoisotopic (exact) mass is 322 g/mol. The van der Waals surface area contributed by atoms with Gasteiger partial charge in [-0.3, -0.25) is 9.59 Å². The van der Waals surface area contributed by atoms with Crippen molar-refractivity contribution >= 4 is 17.8 Å². The molecule has 1 unspecified atom stereocenters. The second kappa shape index (κ2) is 7.21. The van der Waals surface area contributed by atoms with E-state index in [1.165, 1.54) is 36.1 Å². The number of nitrogens with zero attached hydrogens (tertiary/aromatic N) is 1. The SMILES string of the molecule is CC(C(=O)O)N(C(=O)CCNC(=O)c1ccc(F)cc1)C1CC1. The summed E-state index contributed by atoms with van der Waals surface area (Å²) in [7, 11) is 0. The van der Waals surface area contributed by atoms with Gasteiger partial charge in [0.1, 0.15) is 11.9 Å². The maximum atomic E-state index is 12.8. The van der Waals surface area contributed by atoms with Crippen LogP contribution in [0, 0.1) is 5.82 Å². The predicted molar refractivity (Wildman–Crippen MR) is 80.3 cm³/mol. The molecule has 1 aliphatic rings. The van der Waals surface area contributed by atoms with Crippen LogP contribution in [0.1, 0.15) is 36.5 Å².